The smallest absolute Gasteiger partial charge is 0.123 e. The van der Waals surface area contributed by atoms with Crippen molar-refractivity contribution in [3.05, 3.63) is 53.8 Å². The van der Waals surface area contributed by atoms with Gasteiger partial charge in [0.2, 0.25) is 0 Å². The van der Waals surface area contributed by atoms with E-state index >= 15 is 0 Å². The number of hydrogen-bond acceptors (Lipinski definition) is 2. The van der Waals surface area contributed by atoms with Gasteiger partial charge in [0.25, 0.3) is 0 Å². The molecule has 2 nitrogen and oxygen atoms in total. The van der Waals surface area contributed by atoms with Crippen molar-refractivity contribution in [3.8, 4) is 5.75 Å². The zero-order valence-corrected chi connectivity index (χ0v) is 14.4. The van der Waals surface area contributed by atoms with Crippen LogP contribution < -0.4 is 0 Å². The van der Waals surface area contributed by atoms with Crippen LogP contribution in [0.2, 0.25) is 0 Å². The third-order valence-corrected chi connectivity index (χ3v) is 4.73. The normalized spacial score (nSPS) is 17.6. The van der Waals surface area contributed by atoms with Crippen molar-refractivity contribution in [2.75, 3.05) is 0 Å². The van der Waals surface area contributed by atoms with Gasteiger partial charge in [0.05, 0.1) is 0 Å². The molecule has 0 spiro atoms. The molecule has 1 aromatic rings. The van der Waals surface area contributed by atoms with Crippen LogP contribution in [0.5, 0.6) is 5.75 Å². The van der Waals surface area contributed by atoms with Gasteiger partial charge in [0, 0.05) is 0 Å². The van der Waals surface area contributed by atoms with Crippen molar-refractivity contribution < 1.29 is 9.84 Å². The summed E-state index contributed by atoms with van der Waals surface area (Å²) >= 11 is 0. The van der Waals surface area contributed by atoms with Crippen molar-refractivity contribution in [2.45, 2.75) is 58.0 Å². The zero-order valence-electron chi connectivity index (χ0n) is 14.4. The van der Waals surface area contributed by atoms with Crippen LogP contribution >= 0.6 is 0 Å². The molecule has 0 atom stereocenters. The topological polar surface area (TPSA) is 29.5 Å². The Labute approximate surface area is 140 Å². The van der Waals surface area contributed by atoms with E-state index in [0.29, 0.717) is 0 Å². The van der Waals surface area contributed by atoms with E-state index in [9.17, 15) is 5.11 Å². The predicted octanol–water partition coefficient (Wildman–Crippen LogP) is 6.08. The second-order valence-corrected chi connectivity index (χ2v) is 6.51. The van der Waals surface area contributed by atoms with E-state index in [2.05, 4.69) is 20.1 Å². The standard InChI is InChI=1S/C21H28O2/c1-5-17-10-11-19(22)14-18(17)15-20(16(3)4)23-21(6-2)12-8-7-9-13-21/h5,10-11,14-15,22H,1,3,6-9,12-13H2,2,4H3/b20-15+. The maximum atomic E-state index is 9.78. The van der Waals surface area contributed by atoms with E-state index in [4.69, 9.17) is 4.74 Å². The molecule has 23 heavy (non-hydrogen) atoms. The molecule has 0 saturated heterocycles. The molecular weight excluding hydrogens is 284 g/mol. The van der Waals surface area contributed by atoms with Crippen LogP contribution in [0.3, 0.4) is 0 Å². The molecule has 1 aromatic carbocycles. The number of allylic oxidation sites excluding steroid dienone is 1. The first-order valence-electron chi connectivity index (χ1n) is 8.52. The first-order chi connectivity index (χ1) is 11.0. The van der Waals surface area contributed by atoms with Crippen molar-refractivity contribution in [2.24, 2.45) is 0 Å². The average Bonchev–Trinajstić information content (AvgIpc) is 2.55. The minimum Gasteiger partial charge on any atom is -0.508 e. The van der Waals surface area contributed by atoms with Gasteiger partial charge in [-0.25, -0.2) is 0 Å². The number of hydrogen-bond donors (Lipinski definition) is 1. The molecule has 2 heteroatoms. The number of phenolic OH excluding ortho intramolecular Hbond substituents is 1. The van der Waals surface area contributed by atoms with Crippen LogP contribution in [0.15, 0.2) is 42.7 Å². The lowest BCUT2D eigenvalue weighted by molar-refractivity contribution is -0.0265. The summed E-state index contributed by atoms with van der Waals surface area (Å²) in [5, 5.41) is 9.78. The molecule has 0 bridgehead atoms. The Balaban J connectivity index is 2.36. The lowest BCUT2D eigenvalue weighted by Gasteiger charge is -2.38. The molecule has 0 heterocycles. The van der Waals surface area contributed by atoms with E-state index in [1.54, 1.807) is 18.2 Å². The molecule has 0 aromatic heterocycles. The summed E-state index contributed by atoms with van der Waals surface area (Å²) in [6.45, 7) is 12.1. The highest BCUT2D eigenvalue weighted by Gasteiger charge is 2.33. The van der Waals surface area contributed by atoms with E-state index < -0.39 is 0 Å². The quantitative estimate of drug-likeness (QED) is 0.509. The maximum Gasteiger partial charge on any atom is 0.123 e. The van der Waals surface area contributed by atoms with Gasteiger partial charge in [-0.05, 0) is 73.9 Å². The summed E-state index contributed by atoms with van der Waals surface area (Å²) < 4.78 is 6.48. The summed E-state index contributed by atoms with van der Waals surface area (Å²) in [6.07, 6.45) is 10.7. The van der Waals surface area contributed by atoms with Gasteiger partial charge < -0.3 is 9.84 Å². The molecule has 1 aliphatic rings. The zero-order chi connectivity index (χ0) is 16.9. The fourth-order valence-corrected chi connectivity index (χ4v) is 3.21. The Morgan fingerprint density at radius 1 is 1.26 bits per heavy atom. The summed E-state index contributed by atoms with van der Waals surface area (Å²) in [4.78, 5) is 0. The van der Waals surface area contributed by atoms with Gasteiger partial charge in [-0.3, -0.25) is 0 Å². The Hall–Kier alpha value is -1.96. The first kappa shape index (κ1) is 17.4. The van der Waals surface area contributed by atoms with Gasteiger partial charge in [-0.1, -0.05) is 38.6 Å². The van der Waals surface area contributed by atoms with E-state index in [0.717, 1.165) is 41.7 Å². The number of phenols is 1. The van der Waals surface area contributed by atoms with Crippen LogP contribution in [0.1, 0.15) is 63.5 Å². The molecule has 1 saturated carbocycles. The molecule has 0 unspecified atom stereocenters. The van der Waals surface area contributed by atoms with Crippen molar-refractivity contribution in [1.29, 1.82) is 0 Å². The average molecular weight is 312 g/mol. The summed E-state index contributed by atoms with van der Waals surface area (Å²) in [6, 6.07) is 5.27. The second kappa shape index (κ2) is 7.54. The molecule has 1 fully saturated rings. The highest BCUT2D eigenvalue weighted by Crippen LogP contribution is 2.38. The third kappa shape index (κ3) is 4.28. The molecule has 0 amide bonds. The number of ether oxygens (including phenoxy) is 1. The van der Waals surface area contributed by atoms with Gasteiger partial charge in [0.1, 0.15) is 17.1 Å². The monoisotopic (exact) mass is 312 g/mol. The van der Waals surface area contributed by atoms with Crippen molar-refractivity contribution in [3.63, 3.8) is 0 Å². The number of benzene rings is 1. The van der Waals surface area contributed by atoms with Gasteiger partial charge >= 0.3 is 0 Å². The van der Waals surface area contributed by atoms with Gasteiger partial charge in [-0.15, -0.1) is 0 Å². The largest absolute Gasteiger partial charge is 0.508 e. The highest BCUT2D eigenvalue weighted by molar-refractivity contribution is 5.68. The van der Waals surface area contributed by atoms with Gasteiger partial charge in [0.15, 0.2) is 0 Å². The molecule has 1 N–H and O–H groups in total. The SMILES string of the molecule is C=Cc1ccc(O)cc1/C=C(/OC1(CC)CCCCC1)C(=C)C. The molecule has 2 rings (SSSR count). The summed E-state index contributed by atoms with van der Waals surface area (Å²) in [5.41, 5.74) is 2.70. The van der Waals surface area contributed by atoms with Gasteiger partial charge in [-0.2, -0.15) is 0 Å². The van der Waals surface area contributed by atoms with Crippen molar-refractivity contribution in [1.82, 2.24) is 0 Å². The van der Waals surface area contributed by atoms with E-state index in [-0.39, 0.29) is 11.4 Å². The molecule has 0 aliphatic heterocycles. The van der Waals surface area contributed by atoms with E-state index in [1.165, 1.54) is 19.3 Å². The summed E-state index contributed by atoms with van der Waals surface area (Å²) in [7, 11) is 0. The number of rotatable bonds is 6. The Morgan fingerprint density at radius 3 is 2.52 bits per heavy atom. The minimum atomic E-state index is -0.0752. The Kier molecular flexibility index (Phi) is 5.70. The summed E-state index contributed by atoms with van der Waals surface area (Å²) in [5.74, 6) is 1.05. The fraction of sp³-hybridized carbons (Fsp3) is 0.429. The first-order valence-corrected chi connectivity index (χ1v) is 8.52. The Bertz CT molecular complexity index is 604. The maximum absolute atomic E-state index is 9.78. The van der Waals surface area contributed by atoms with Crippen LogP contribution in [0, 0.1) is 0 Å². The Morgan fingerprint density at radius 2 is 1.96 bits per heavy atom. The van der Waals surface area contributed by atoms with Crippen LogP contribution in [-0.2, 0) is 4.74 Å². The molecule has 0 radical (unpaired) electrons. The van der Waals surface area contributed by atoms with E-state index in [1.807, 2.05) is 19.1 Å². The fourth-order valence-electron chi connectivity index (χ4n) is 3.21. The molecule has 124 valence electrons. The highest BCUT2D eigenvalue weighted by atomic mass is 16.5. The molecular formula is C21H28O2. The minimum absolute atomic E-state index is 0.0752. The second-order valence-electron chi connectivity index (χ2n) is 6.51. The predicted molar refractivity (Wildman–Crippen MR) is 98.2 cm³/mol. The third-order valence-electron chi connectivity index (χ3n) is 4.73. The lowest BCUT2D eigenvalue weighted by Crippen LogP contribution is -2.34. The van der Waals surface area contributed by atoms with Crippen LogP contribution in [-0.4, -0.2) is 10.7 Å². The molecule has 1 aliphatic carbocycles. The number of aromatic hydroxyl groups is 1. The van der Waals surface area contributed by atoms with Crippen molar-refractivity contribution >= 4 is 12.2 Å². The van der Waals surface area contributed by atoms with Crippen LogP contribution in [0.25, 0.3) is 12.2 Å². The lowest BCUT2D eigenvalue weighted by atomic mass is 9.82. The van der Waals surface area contributed by atoms with Crippen LogP contribution in [0.4, 0.5) is 0 Å².